The molecular formula is C14H16BrClN2O3. The standard InChI is InChI=1S/C14H16BrClN2O3/c1-2-21-14(20)18-6-5-9-10(8-18)12(4-3-11(9)15)17-13(19)7-16/h3-4H,2,5-8H2,1H3,(H,17,19). The van der Waals surface area contributed by atoms with Gasteiger partial charge in [-0.25, -0.2) is 4.79 Å². The zero-order valence-electron chi connectivity index (χ0n) is 11.6. The number of nitrogens with one attached hydrogen (secondary N) is 1. The van der Waals surface area contributed by atoms with Gasteiger partial charge in [0.05, 0.1) is 13.2 Å². The number of alkyl halides is 1. The number of rotatable bonds is 3. The average molecular weight is 376 g/mol. The van der Waals surface area contributed by atoms with E-state index in [0.717, 1.165) is 15.6 Å². The molecule has 0 radical (unpaired) electrons. The van der Waals surface area contributed by atoms with Gasteiger partial charge in [0.1, 0.15) is 5.88 Å². The van der Waals surface area contributed by atoms with E-state index in [9.17, 15) is 9.59 Å². The zero-order chi connectivity index (χ0) is 15.4. The van der Waals surface area contributed by atoms with Crippen LogP contribution in [0.25, 0.3) is 0 Å². The minimum atomic E-state index is -0.335. The molecule has 0 unspecified atom stereocenters. The smallest absolute Gasteiger partial charge is 0.410 e. The third kappa shape index (κ3) is 3.68. The van der Waals surface area contributed by atoms with Crippen molar-refractivity contribution in [3.63, 3.8) is 0 Å². The van der Waals surface area contributed by atoms with Gasteiger partial charge in [0.2, 0.25) is 5.91 Å². The molecule has 5 nitrogen and oxygen atoms in total. The maximum atomic E-state index is 11.9. The minimum absolute atomic E-state index is 0.105. The summed E-state index contributed by atoms with van der Waals surface area (Å²) in [7, 11) is 0. The maximum Gasteiger partial charge on any atom is 0.410 e. The van der Waals surface area contributed by atoms with Crippen LogP contribution in [0.15, 0.2) is 16.6 Å². The first kappa shape index (κ1) is 16.1. The van der Waals surface area contributed by atoms with E-state index >= 15 is 0 Å². The molecule has 7 heteroatoms. The van der Waals surface area contributed by atoms with Gasteiger partial charge in [-0.15, -0.1) is 11.6 Å². The van der Waals surface area contributed by atoms with E-state index in [4.69, 9.17) is 16.3 Å². The van der Waals surface area contributed by atoms with Gasteiger partial charge in [-0.05, 0) is 36.6 Å². The molecule has 2 amide bonds. The molecule has 1 N–H and O–H groups in total. The maximum absolute atomic E-state index is 11.9. The summed E-state index contributed by atoms with van der Waals surface area (Å²) in [6.07, 6.45) is 0.372. The fourth-order valence-corrected chi connectivity index (χ4v) is 2.94. The van der Waals surface area contributed by atoms with Crippen molar-refractivity contribution in [3.8, 4) is 0 Å². The molecule has 1 aliphatic rings. The zero-order valence-corrected chi connectivity index (χ0v) is 14.0. The molecule has 21 heavy (non-hydrogen) atoms. The summed E-state index contributed by atoms with van der Waals surface area (Å²) in [4.78, 5) is 25.0. The Morgan fingerprint density at radius 1 is 1.43 bits per heavy atom. The predicted octanol–water partition coefficient (Wildman–Crippen LogP) is 3.14. The first-order valence-corrected chi connectivity index (χ1v) is 7.97. The Hall–Kier alpha value is -1.27. The third-order valence-electron chi connectivity index (χ3n) is 3.28. The lowest BCUT2D eigenvalue weighted by Gasteiger charge is -2.30. The number of amides is 2. The Morgan fingerprint density at radius 2 is 2.19 bits per heavy atom. The molecule has 0 saturated heterocycles. The van der Waals surface area contributed by atoms with Crippen molar-refractivity contribution >= 4 is 45.2 Å². The van der Waals surface area contributed by atoms with Crippen molar-refractivity contribution in [1.82, 2.24) is 4.90 Å². The van der Waals surface area contributed by atoms with Gasteiger partial charge in [0.15, 0.2) is 0 Å². The molecule has 0 fully saturated rings. The Labute approximate surface area is 136 Å². The molecule has 2 rings (SSSR count). The molecule has 1 aromatic rings. The summed E-state index contributed by atoms with van der Waals surface area (Å²) in [5.74, 6) is -0.374. The lowest BCUT2D eigenvalue weighted by atomic mass is 9.98. The van der Waals surface area contributed by atoms with Gasteiger partial charge < -0.3 is 15.0 Å². The third-order valence-corrected chi connectivity index (χ3v) is 4.26. The number of carbonyl (C=O) groups is 2. The number of carbonyl (C=O) groups excluding carboxylic acids is 2. The van der Waals surface area contributed by atoms with Crippen LogP contribution in [-0.2, 0) is 22.5 Å². The Balaban J connectivity index is 2.28. The lowest BCUT2D eigenvalue weighted by Crippen LogP contribution is -2.37. The van der Waals surface area contributed by atoms with Gasteiger partial charge in [-0.1, -0.05) is 15.9 Å². The van der Waals surface area contributed by atoms with Gasteiger partial charge in [-0.2, -0.15) is 0 Å². The second kappa shape index (κ2) is 7.13. The van der Waals surface area contributed by atoms with E-state index in [0.29, 0.717) is 31.8 Å². The van der Waals surface area contributed by atoms with E-state index in [1.807, 2.05) is 12.1 Å². The van der Waals surface area contributed by atoms with E-state index in [2.05, 4.69) is 21.2 Å². The fourth-order valence-electron chi connectivity index (χ4n) is 2.30. The Kier molecular flexibility index (Phi) is 5.47. The predicted molar refractivity (Wildman–Crippen MR) is 84.6 cm³/mol. The highest BCUT2D eigenvalue weighted by molar-refractivity contribution is 9.10. The van der Waals surface area contributed by atoms with Crippen LogP contribution in [0.3, 0.4) is 0 Å². The first-order valence-electron chi connectivity index (χ1n) is 6.64. The van der Waals surface area contributed by atoms with Crippen LogP contribution in [0.2, 0.25) is 0 Å². The quantitative estimate of drug-likeness (QED) is 0.826. The number of ether oxygens (including phenoxy) is 1. The van der Waals surface area contributed by atoms with Gasteiger partial charge in [0, 0.05) is 16.7 Å². The molecule has 0 aromatic heterocycles. The molecule has 0 aliphatic carbocycles. The first-order chi connectivity index (χ1) is 10.1. The summed E-state index contributed by atoms with van der Waals surface area (Å²) in [5.41, 5.74) is 2.71. The molecule has 0 atom stereocenters. The highest BCUT2D eigenvalue weighted by atomic mass is 79.9. The SMILES string of the molecule is CCOC(=O)N1CCc2c(Br)ccc(NC(=O)CCl)c2C1. The van der Waals surface area contributed by atoms with Crippen LogP contribution in [-0.4, -0.2) is 35.9 Å². The van der Waals surface area contributed by atoms with Crippen molar-refractivity contribution in [3.05, 3.63) is 27.7 Å². The fraction of sp³-hybridized carbons (Fsp3) is 0.429. The molecular weight excluding hydrogens is 360 g/mol. The Morgan fingerprint density at radius 3 is 2.86 bits per heavy atom. The van der Waals surface area contributed by atoms with Crippen molar-refractivity contribution in [2.75, 3.05) is 24.3 Å². The van der Waals surface area contributed by atoms with Crippen LogP contribution in [0, 0.1) is 0 Å². The van der Waals surface area contributed by atoms with Gasteiger partial charge in [0.25, 0.3) is 0 Å². The van der Waals surface area contributed by atoms with Crippen molar-refractivity contribution in [1.29, 1.82) is 0 Å². The van der Waals surface area contributed by atoms with Crippen LogP contribution in [0.5, 0.6) is 0 Å². The van der Waals surface area contributed by atoms with E-state index < -0.39 is 0 Å². The lowest BCUT2D eigenvalue weighted by molar-refractivity contribution is -0.113. The summed E-state index contributed by atoms with van der Waals surface area (Å²) in [6.45, 7) is 3.12. The van der Waals surface area contributed by atoms with Crippen molar-refractivity contribution in [2.45, 2.75) is 19.9 Å². The number of anilines is 1. The number of benzene rings is 1. The molecule has 1 aliphatic heterocycles. The Bertz CT molecular complexity index is 565. The van der Waals surface area contributed by atoms with E-state index in [-0.39, 0.29) is 17.9 Å². The molecule has 0 bridgehead atoms. The number of hydrogen-bond acceptors (Lipinski definition) is 3. The van der Waals surface area contributed by atoms with Crippen LogP contribution < -0.4 is 5.32 Å². The van der Waals surface area contributed by atoms with Crippen LogP contribution in [0.4, 0.5) is 10.5 Å². The van der Waals surface area contributed by atoms with Crippen molar-refractivity contribution < 1.29 is 14.3 Å². The summed E-state index contributed by atoms with van der Waals surface area (Å²) < 4.78 is 6.01. The number of nitrogens with zero attached hydrogens (tertiary/aromatic N) is 1. The second-order valence-corrected chi connectivity index (χ2v) is 5.73. The molecule has 0 saturated carbocycles. The largest absolute Gasteiger partial charge is 0.450 e. The minimum Gasteiger partial charge on any atom is -0.450 e. The second-order valence-electron chi connectivity index (χ2n) is 4.60. The summed E-state index contributed by atoms with van der Waals surface area (Å²) in [6, 6.07) is 3.70. The highest BCUT2D eigenvalue weighted by Gasteiger charge is 2.25. The molecule has 1 heterocycles. The summed E-state index contributed by atoms with van der Waals surface area (Å²) >= 11 is 9.04. The van der Waals surface area contributed by atoms with Crippen LogP contribution >= 0.6 is 27.5 Å². The number of hydrogen-bond donors (Lipinski definition) is 1. The van der Waals surface area contributed by atoms with E-state index in [1.165, 1.54) is 0 Å². The number of halogens is 2. The normalized spacial score (nSPS) is 13.6. The van der Waals surface area contributed by atoms with Crippen molar-refractivity contribution in [2.24, 2.45) is 0 Å². The van der Waals surface area contributed by atoms with Crippen LogP contribution in [0.1, 0.15) is 18.1 Å². The molecule has 0 spiro atoms. The van der Waals surface area contributed by atoms with Gasteiger partial charge in [-0.3, -0.25) is 4.79 Å². The molecule has 1 aromatic carbocycles. The van der Waals surface area contributed by atoms with Gasteiger partial charge >= 0.3 is 6.09 Å². The average Bonchev–Trinajstić information content (AvgIpc) is 2.49. The molecule has 114 valence electrons. The van der Waals surface area contributed by atoms with E-state index in [1.54, 1.807) is 11.8 Å². The summed E-state index contributed by atoms with van der Waals surface area (Å²) in [5, 5.41) is 2.77. The number of fused-ring (bicyclic) bond motifs is 1. The topological polar surface area (TPSA) is 58.6 Å². The monoisotopic (exact) mass is 374 g/mol. The highest BCUT2D eigenvalue weighted by Crippen LogP contribution is 2.32.